The Morgan fingerprint density at radius 2 is 2.00 bits per heavy atom. The fourth-order valence-electron chi connectivity index (χ4n) is 0.354. The third-order valence-corrected chi connectivity index (χ3v) is 0.707. The minimum absolute atomic E-state index is 0. The molecular formula is C4H9ArLi. The van der Waals surface area contributed by atoms with Gasteiger partial charge >= 0.3 is 42.6 Å². The zero-order valence-electron chi connectivity index (χ0n) is 4.47. The van der Waals surface area contributed by atoms with Crippen LogP contribution in [0.4, 0.5) is 0 Å². The number of hydrogen-bond donors (Lipinski definition) is 0. The quantitative estimate of drug-likeness (QED) is 0.464. The number of unbranched alkanes of at least 4 members (excludes halogenated alkanes) is 1. The summed E-state index contributed by atoms with van der Waals surface area (Å²) in [6, 6.07) is 0. The first-order chi connectivity index (χ1) is 2.41. The van der Waals surface area contributed by atoms with Crippen molar-refractivity contribution in [2.75, 3.05) is 0 Å². The van der Waals surface area contributed by atoms with Gasteiger partial charge in [-0.25, -0.2) is 0 Å². The van der Waals surface area contributed by atoms with Crippen LogP contribution >= 0.6 is 0 Å². The van der Waals surface area contributed by atoms with E-state index in [1.54, 1.807) is 0 Å². The zero-order chi connectivity index (χ0) is 4.12. The van der Waals surface area contributed by atoms with Gasteiger partial charge in [-0.1, -0.05) is 0 Å². The molecule has 0 saturated carbocycles. The summed E-state index contributed by atoms with van der Waals surface area (Å²) in [5, 5.41) is 1.34. The van der Waals surface area contributed by atoms with Crippen LogP contribution in [-0.4, -0.2) is 17.7 Å². The second kappa shape index (κ2) is 9.97. The standard InChI is InChI=1S/C4H9.Ar.Li/c1-3-4-2;;/h1,3-4H2,2H3;;. The summed E-state index contributed by atoms with van der Waals surface area (Å²) in [5.74, 6) is 0. The van der Waals surface area contributed by atoms with Crippen molar-refractivity contribution in [2.45, 2.75) is 24.9 Å². The van der Waals surface area contributed by atoms with Crippen molar-refractivity contribution >= 4 is 17.7 Å². The van der Waals surface area contributed by atoms with Gasteiger partial charge in [-0.05, 0) is 0 Å². The van der Waals surface area contributed by atoms with Crippen LogP contribution in [0.3, 0.4) is 0 Å². The summed E-state index contributed by atoms with van der Waals surface area (Å²) < 4.78 is 0. The number of rotatable bonds is 2. The summed E-state index contributed by atoms with van der Waals surface area (Å²) in [7, 11) is 0. The van der Waals surface area contributed by atoms with Gasteiger partial charge in [0.2, 0.25) is 0 Å². The number of hydrogen-bond acceptors (Lipinski definition) is 0. The van der Waals surface area contributed by atoms with Crippen LogP contribution in [0.5, 0.6) is 0 Å². The van der Waals surface area contributed by atoms with Crippen molar-refractivity contribution in [3.63, 3.8) is 0 Å². The van der Waals surface area contributed by atoms with Crippen molar-refractivity contribution in [1.82, 2.24) is 0 Å². The first-order valence-corrected chi connectivity index (χ1v) is 2.41. The molecule has 0 unspecified atom stereocenters. The van der Waals surface area contributed by atoms with Crippen LogP contribution in [0.25, 0.3) is 0 Å². The van der Waals surface area contributed by atoms with Crippen molar-refractivity contribution in [1.29, 1.82) is 0 Å². The van der Waals surface area contributed by atoms with Crippen LogP contribution in [0.2, 0.25) is 5.09 Å². The third-order valence-electron chi connectivity index (χ3n) is 0.707. The van der Waals surface area contributed by atoms with Crippen molar-refractivity contribution in [2.24, 2.45) is 0 Å². The molecule has 0 saturated heterocycles. The molecule has 0 amide bonds. The fraction of sp³-hybridized carbons (Fsp3) is 1.00. The summed E-state index contributed by atoms with van der Waals surface area (Å²) in [5.41, 5.74) is 0. The maximum atomic E-state index is 2.21. The van der Waals surface area contributed by atoms with Crippen LogP contribution in [0.1, 0.15) is 19.8 Å². The summed E-state index contributed by atoms with van der Waals surface area (Å²) in [6.45, 7) is 2.21. The van der Waals surface area contributed by atoms with Gasteiger partial charge in [-0.15, -0.1) is 0 Å². The summed E-state index contributed by atoms with van der Waals surface area (Å²) in [4.78, 5) is 0. The molecule has 0 aliphatic carbocycles. The normalized spacial score (nSPS) is 7.17. The molecule has 0 fully saturated rings. The minimum atomic E-state index is 0. The van der Waals surface area contributed by atoms with Crippen molar-refractivity contribution in [3.8, 4) is 0 Å². The van der Waals surface area contributed by atoms with E-state index in [1.165, 1.54) is 17.9 Å². The predicted octanol–water partition coefficient (Wildman–Crippen LogP) is 1.37. The Morgan fingerprint density at radius 3 is 2.00 bits per heavy atom. The molecule has 2 heteroatoms. The first kappa shape index (κ1) is 10.8. The van der Waals surface area contributed by atoms with E-state index in [9.17, 15) is 0 Å². The van der Waals surface area contributed by atoms with E-state index in [0.717, 1.165) is 0 Å². The molecule has 0 aliphatic heterocycles. The average Bonchev–Trinajstić information content (AvgIpc) is 1.41. The van der Waals surface area contributed by atoms with E-state index >= 15 is 0 Å². The van der Waals surface area contributed by atoms with E-state index in [4.69, 9.17) is 0 Å². The van der Waals surface area contributed by atoms with Crippen molar-refractivity contribution in [3.05, 3.63) is 0 Å². The van der Waals surface area contributed by atoms with Gasteiger partial charge in [0.25, 0.3) is 0 Å². The molecule has 0 nitrogen and oxygen atoms in total. The van der Waals surface area contributed by atoms with E-state index < -0.39 is 0 Å². The first-order valence-electron chi connectivity index (χ1n) is 2.41. The molecule has 0 radical (unpaired) electrons. The molecule has 0 heterocycles. The Hall–Kier alpha value is 1.86. The topological polar surface area (TPSA) is 0 Å². The van der Waals surface area contributed by atoms with Gasteiger partial charge < -0.3 is 0 Å². The van der Waals surface area contributed by atoms with Crippen LogP contribution < -0.4 is 0 Å². The van der Waals surface area contributed by atoms with E-state index in [0.29, 0.717) is 0 Å². The van der Waals surface area contributed by atoms with Crippen molar-refractivity contribution < 1.29 is 37.7 Å². The molecule has 6 heavy (non-hydrogen) atoms. The van der Waals surface area contributed by atoms with Gasteiger partial charge in [0.15, 0.2) is 0 Å². The second-order valence-electron chi connectivity index (χ2n) is 1.35. The van der Waals surface area contributed by atoms with Gasteiger partial charge in [-0.2, -0.15) is 0 Å². The van der Waals surface area contributed by atoms with Gasteiger partial charge in [0.1, 0.15) is 0 Å². The van der Waals surface area contributed by atoms with Gasteiger partial charge in [0, 0.05) is 37.7 Å². The van der Waals surface area contributed by atoms with E-state index in [-0.39, 0.29) is 37.7 Å². The molecule has 0 aliphatic rings. The Labute approximate surface area is 79.3 Å². The predicted molar refractivity (Wildman–Crippen MR) is 25.5 cm³/mol. The molecule has 0 aromatic rings. The SMILES string of the molecule is [Ar].[Li][CH2]CCC. The molecule has 0 N–H and O–H groups in total. The van der Waals surface area contributed by atoms with Crippen LogP contribution in [0.15, 0.2) is 0 Å². The Kier molecular flexibility index (Phi) is 17.9. The third kappa shape index (κ3) is 9.29. The molecule has 0 rings (SSSR count). The van der Waals surface area contributed by atoms with E-state index in [1.807, 2.05) is 0 Å². The molecular weight excluding hydrogens is 94.9 g/mol. The molecule has 0 aromatic heterocycles. The Morgan fingerprint density at radius 1 is 1.50 bits per heavy atom. The summed E-state index contributed by atoms with van der Waals surface area (Å²) in [6.07, 6.45) is 2.73. The molecule has 0 aromatic carbocycles. The zero-order valence-corrected chi connectivity index (χ0v) is 5.18. The van der Waals surface area contributed by atoms with Crippen LogP contribution in [0, 0.1) is 37.7 Å². The molecule has 0 bridgehead atoms. The average molecular weight is 104 g/mol. The monoisotopic (exact) mass is 104 g/mol. The molecule has 0 atom stereocenters. The van der Waals surface area contributed by atoms with Gasteiger partial charge in [0.05, 0.1) is 0 Å². The van der Waals surface area contributed by atoms with Crippen LogP contribution in [-0.2, 0) is 0 Å². The fourth-order valence-corrected chi connectivity index (χ4v) is 0.354. The van der Waals surface area contributed by atoms with Gasteiger partial charge in [-0.3, -0.25) is 0 Å². The Balaban J connectivity index is 0. The molecule has 34 valence electrons. The Bertz CT molecular complexity index is 15.0. The maximum absolute atomic E-state index is 2.21. The molecule has 0 spiro atoms. The second-order valence-corrected chi connectivity index (χ2v) is 1.35. The summed E-state index contributed by atoms with van der Waals surface area (Å²) >= 11 is 2.21. The van der Waals surface area contributed by atoms with E-state index in [2.05, 4.69) is 24.6 Å².